The van der Waals surface area contributed by atoms with E-state index in [0.29, 0.717) is 23.0 Å². The van der Waals surface area contributed by atoms with Crippen LogP contribution in [0.1, 0.15) is 26.3 Å². The molecule has 2 aromatic carbocycles. The highest BCUT2D eigenvalue weighted by Gasteiger charge is 2.14. The lowest BCUT2D eigenvalue weighted by Crippen LogP contribution is -2.36. The van der Waals surface area contributed by atoms with Gasteiger partial charge in [0.25, 0.3) is 5.91 Å². The van der Waals surface area contributed by atoms with Gasteiger partial charge in [-0.3, -0.25) is 4.79 Å². The Labute approximate surface area is 164 Å². The van der Waals surface area contributed by atoms with E-state index in [1.165, 1.54) is 0 Å². The summed E-state index contributed by atoms with van der Waals surface area (Å²) in [7, 11) is 0. The van der Waals surface area contributed by atoms with E-state index in [0.717, 1.165) is 5.56 Å². The standard InChI is InChI=1S/C20H24ClN3O3/c1-13(2)23-20(26)24-17-9-7-15(8-10-17)12-22-19(25)14(3)27-18-6-4-5-16(21)11-18/h4-11,13-14H,12H2,1-3H3,(H,22,25)(H2,23,24,26). The largest absolute Gasteiger partial charge is 0.481 e. The molecule has 0 radical (unpaired) electrons. The van der Waals surface area contributed by atoms with Gasteiger partial charge in [-0.05, 0) is 56.7 Å². The molecule has 0 fully saturated rings. The molecule has 7 heteroatoms. The number of carbonyl (C=O) groups is 2. The zero-order chi connectivity index (χ0) is 19.8. The van der Waals surface area contributed by atoms with Gasteiger partial charge in [-0.15, -0.1) is 0 Å². The van der Waals surface area contributed by atoms with Crippen LogP contribution in [0.2, 0.25) is 5.02 Å². The van der Waals surface area contributed by atoms with Gasteiger partial charge in [0.1, 0.15) is 5.75 Å². The number of rotatable bonds is 7. The monoisotopic (exact) mass is 389 g/mol. The molecule has 3 N–H and O–H groups in total. The third-order valence-corrected chi connectivity index (χ3v) is 3.81. The Balaban J connectivity index is 1.81. The fraction of sp³-hybridized carbons (Fsp3) is 0.300. The lowest BCUT2D eigenvalue weighted by atomic mass is 10.2. The Kier molecular flexibility index (Phi) is 7.49. The number of nitrogens with one attached hydrogen (secondary N) is 3. The van der Waals surface area contributed by atoms with E-state index in [2.05, 4.69) is 16.0 Å². The Bertz CT molecular complexity index is 778. The highest BCUT2D eigenvalue weighted by molar-refractivity contribution is 6.30. The fourth-order valence-corrected chi connectivity index (χ4v) is 2.45. The van der Waals surface area contributed by atoms with Crippen molar-refractivity contribution >= 4 is 29.2 Å². The zero-order valence-electron chi connectivity index (χ0n) is 15.6. The summed E-state index contributed by atoms with van der Waals surface area (Å²) in [4.78, 5) is 23.9. The first-order chi connectivity index (χ1) is 12.8. The highest BCUT2D eigenvalue weighted by atomic mass is 35.5. The van der Waals surface area contributed by atoms with Gasteiger partial charge in [0.2, 0.25) is 0 Å². The molecule has 0 saturated heterocycles. The molecule has 3 amide bonds. The first-order valence-electron chi connectivity index (χ1n) is 8.70. The molecule has 144 valence electrons. The van der Waals surface area contributed by atoms with Gasteiger partial charge in [-0.2, -0.15) is 0 Å². The van der Waals surface area contributed by atoms with E-state index in [4.69, 9.17) is 16.3 Å². The van der Waals surface area contributed by atoms with Gasteiger partial charge >= 0.3 is 6.03 Å². The summed E-state index contributed by atoms with van der Waals surface area (Å²) in [6.45, 7) is 5.82. The van der Waals surface area contributed by atoms with Crippen LogP contribution >= 0.6 is 11.6 Å². The molecule has 0 aliphatic rings. The van der Waals surface area contributed by atoms with Crippen LogP contribution in [-0.4, -0.2) is 24.1 Å². The quantitative estimate of drug-likeness (QED) is 0.670. The average molecular weight is 390 g/mol. The zero-order valence-corrected chi connectivity index (χ0v) is 16.3. The Morgan fingerprint density at radius 1 is 1.07 bits per heavy atom. The van der Waals surface area contributed by atoms with Crippen LogP contribution in [-0.2, 0) is 11.3 Å². The number of hydrogen-bond acceptors (Lipinski definition) is 3. The van der Waals surface area contributed by atoms with Crippen LogP contribution in [0.15, 0.2) is 48.5 Å². The van der Waals surface area contributed by atoms with Crippen LogP contribution in [0.5, 0.6) is 5.75 Å². The lowest BCUT2D eigenvalue weighted by molar-refractivity contribution is -0.127. The van der Waals surface area contributed by atoms with Crippen molar-refractivity contribution in [3.63, 3.8) is 0 Å². The van der Waals surface area contributed by atoms with Gasteiger partial charge in [-0.1, -0.05) is 29.8 Å². The number of anilines is 1. The highest BCUT2D eigenvalue weighted by Crippen LogP contribution is 2.18. The van der Waals surface area contributed by atoms with Crippen LogP contribution in [0.4, 0.5) is 10.5 Å². The topological polar surface area (TPSA) is 79.5 Å². The third-order valence-electron chi connectivity index (χ3n) is 3.58. The molecular formula is C20H24ClN3O3. The van der Waals surface area contributed by atoms with E-state index >= 15 is 0 Å². The van der Waals surface area contributed by atoms with Gasteiger partial charge in [0, 0.05) is 23.3 Å². The second kappa shape index (κ2) is 9.83. The normalized spacial score (nSPS) is 11.6. The smallest absolute Gasteiger partial charge is 0.319 e. The van der Waals surface area contributed by atoms with Crippen molar-refractivity contribution in [1.82, 2.24) is 10.6 Å². The summed E-state index contributed by atoms with van der Waals surface area (Å²) in [5, 5.41) is 8.87. The second-order valence-electron chi connectivity index (χ2n) is 6.39. The number of benzene rings is 2. The minimum Gasteiger partial charge on any atom is -0.481 e. The van der Waals surface area contributed by atoms with Crippen LogP contribution in [0.3, 0.4) is 0 Å². The molecule has 1 atom stereocenters. The van der Waals surface area contributed by atoms with E-state index in [1.807, 2.05) is 26.0 Å². The molecule has 2 aromatic rings. The molecule has 0 aromatic heterocycles. The van der Waals surface area contributed by atoms with Crippen molar-refractivity contribution in [2.75, 3.05) is 5.32 Å². The van der Waals surface area contributed by atoms with Crippen LogP contribution < -0.4 is 20.7 Å². The molecular weight excluding hydrogens is 366 g/mol. The number of urea groups is 1. The number of ether oxygens (including phenoxy) is 1. The molecule has 0 heterocycles. The van der Waals surface area contributed by atoms with E-state index in [-0.39, 0.29) is 18.0 Å². The van der Waals surface area contributed by atoms with Crippen molar-refractivity contribution in [1.29, 1.82) is 0 Å². The maximum absolute atomic E-state index is 12.2. The van der Waals surface area contributed by atoms with Crippen molar-refractivity contribution in [3.05, 3.63) is 59.1 Å². The van der Waals surface area contributed by atoms with E-state index < -0.39 is 6.10 Å². The van der Waals surface area contributed by atoms with Crippen LogP contribution in [0, 0.1) is 0 Å². The fourth-order valence-electron chi connectivity index (χ4n) is 2.27. The maximum Gasteiger partial charge on any atom is 0.319 e. The Morgan fingerprint density at radius 3 is 2.41 bits per heavy atom. The third kappa shape index (κ3) is 7.19. The molecule has 0 saturated carbocycles. The first kappa shape index (κ1) is 20.6. The van der Waals surface area contributed by atoms with Gasteiger partial charge in [0.05, 0.1) is 0 Å². The molecule has 1 unspecified atom stereocenters. The molecule has 27 heavy (non-hydrogen) atoms. The minimum atomic E-state index is -0.649. The first-order valence-corrected chi connectivity index (χ1v) is 9.07. The van der Waals surface area contributed by atoms with E-state index in [1.54, 1.807) is 43.3 Å². The molecule has 0 aliphatic heterocycles. The molecule has 0 bridgehead atoms. The van der Waals surface area contributed by atoms with Crippen molar-refractivity contribution in [2.24, 2.45) is 0 Å². The van der Waals surface area contributed by atoms with Crippen molar-refractivity contribution < 1.29 is 14.3 Å². The predicted octanol–water partition coefficient (Wildman–Crippen LogP) is 3.95. The van der Waals surface area contributed by atoms with Crippen LogP contribution in [0.25, 0.3) is 0 Å². The number of halogens is 1. The number of amides is 3. The minimum absolute atomic E-state index is 0.0654. The molecule has 0 spiro atoms. The van der Waals surface area contributed by atoms with Crippen molar-refractivity contribution in [3.8, 4) is 5.75 Å². The van der Waals surface area contributed by atoms with Gasteiger partial charge in [-0.25, -0.2) is 4.79 Å². The molecule has 0 aliphatic carbocycles. The number of hydrogen-bond donors (Lipinski definition) is 3. The number of carbonyl (C=O) groups excluding carboxylic acids is 2. The van der Waals surface area contributed by atoms with Crippen molar-refractivity contribution in [2.45, 2.75) is 39.5 Å². The Morgan fingerprint density at radius 2 is 1.78 bits per heavy atom. The SMILES string of the molecule is CC(C)NC(=O)Nc1ccc(CNC(=O)C(C)Oc2cccc(Cl)c2)cc1. The predicted molar refractivity (Wildman–Crippen MR) is 107 cm³/mol. The van der Waals surface area contributed by atoms with Gasteiger partial charge < -0.3 is 20.7 Å². The maximum atomic E-state index is 12.2. The molecule has 2 rings (SSSR count). The lowest BCUT2D eigenvalue weighted by Gasteiger charge is -2.15. The summed E-state index contributed by atoms with van der Waals surface area (Å²) in [5.41, 5.74) is 1.59. The Hall–Kier alpha value is -2.73. The summed E-state index contributed by atoms with van der Waals surface area (Å²) in [6, 6.07) is 14.0. The molecule has 6 nitrogen and oxygen atoms in total. The second-order valence-corrected chi connectivity index (χ2v) is 6.82. The van der Waals surface area contributed by atoms with Gasteiger partial charge in [0.15, 0.2) is 6.10 Å². The average Bonchev–Trinajstić information content (AvgIpc) is 2.60. The summed E-state index contributed by atoms with van der Waals surface area (Å²) in [6.07, 6.45) is -0.649. The summed E-state index contributed by atoms with van der Waals surface area (Å²) >= 11 is 5.91. The van der Waals surface area contributed by atoms with E-state index in [9.17, 15) is 9.59 Å². The summed E-state index contributed by atoms with van der Waals surface area (Å²) in [5.74, 6) is 0.314. The summed E-state index contributed by atoms with van der Waals surface area (Å²) < 4.78 is 5.59.